The molecule has 1 atom stereocenters. The van der Waals surface area contributed by atoms with Crippen molar-refractivity contribution >= 4 is 17.6 Å². The van der Waals surface area contributed by atoms with Crippen molar-refractivity contribution < 1.29 is 23.8 Å². The minimum Gasteiger partial charge on any atom is -0.487 e. The van der Waals surface area contributed by atoms with Crippen molar-refractivity contribution in [1.82, 2.24) is 5.32 Å². The van der Waals surface area contributed by atoms with Crippen molar-refractivity contribution in [2.75, 3.05) is 18.5 Å². The maximum atomic E-state index is 12.7. The van der Waals surface area contributed by atoms with Gasteiger partial charge in [-0.15, -0.1) is 0 Å². The van der Waals surface area contributed by atoms with E-state index in [1.165, 1.54) is 0 Å². The summed E-state index contributed by atoms with van der Waals surface area (Å²) in [6.45, 7) is 2.43. The number of fused-ring (bicyclic) bond motifs is 1. The number of anilines is 1. The van der Waals surface area contributed by atoms with Crippen molar-refractivity contribution in [3.05, 3.63) is 89.7 Å². The third-order valence-electron chi connectivity index (χ3n) is 5.41. The van der Waals surface area contributed by atoms with E-state index in [9.17, 15) is 9.59 Å². The second kappa shape index (κ2) is 11.2. The Hall–Kier alpha value is -4.00. The zero-order chi connectivity index (χ0) is 23.8. The van der Waals surface area contributed by atoms with Gasteiger partial charge in [0.1, 0.15) is 24.7 Å². The monoisotopic (exact) mass is 460 g/mol. The highest BCUT2D eigenvalue weighted by Gasteiger charge is 2.25. The molecule has 0 spiro atoms. The molecule has 4 rings (SSSR count). The summed E-state index contributed by atoms with van der Waals surface area (Å²) < 4.78 is 17.1. The second-order valence-electron chi connectivity index (χ2n) is 7.86. The van der Waals surface area contributed by atoms with Crippen molar-refractivity contribution in [2.24, 2.45) is 0 Å². The minimum atomic E-state index is -0.667. The van der Waals surface area contributed by atoms with Gasteiger partial charge in [0.2, 0.25) is 0 Å². The van der Waals surface area contributed by atoms with Crippen LogP contribution in [0.25, 0.3) is 0 Å². The smallest absolute Gasteiger partial charge is 0.325 e. The molecule has 7 nitrogen and oxygen atoms in total. The molecular weight excluding hydrogens is 432 g/mol. The molecule has 1 unspecified atom stereocenters. The van der Waals surface area contributed by atoms with Gasteiger partial charge >= 0.3 is 5.97 Å². The van der Waals surface area contributed by atoms with Crippen LogP contribution in [0.5, 0.6) is 11.5 Å². The maximum absolute atomic E-state index is 12.7. The number of rotatable bonds is 9. The first-order valence-electron chi connectivity index (χ1n) is 11.4. The van der Waals surface area contributed by atoms with E-state index in [1.54, 1.807) is 25.1 Å². The summed E-state index contributed by atoms with van der Waals surface area (Å²) in [7, 11) is 0. The van der Waals surface area contributed by atoms with Gasteiger partial charge in [0.25, 0.3) is 5.91 Å². The number of benzene rings is 2. The lowest BCUT2D eigenvalue weighted by atomic mass is 10.0. The van der Waals surface area contributed by atoms with Crippen LogP contribution in [0.1, 0.15) is 25.3 Å². The van der Waals surface area contributed by atoms with E-state index < -0.39 is 6.10 Å². The third kappa shape index (κ3) is 6.07. The summed E-state index contributed by atoms with van der Waals surface area (Å²) in [6.07, 6.45) is 8.52. The molecule has 0 fully saturated rings. The molecule has 0 bridgehead atoms. The lowest BCUT2D eigenvalue weighted by molar-refractivity contribution is -0.140. The molecule has 7 heteroatoms. The highest BCUT2D eigenvalue weighted by atomic mass is 16.5. The van der Waals surface area contributed by atoms with Crippen LogP contribution in [-0.4, -0.2) is 31.1 Å². The molecule has 34 heavy (non-hydrogen) atoms. The standard InChI is InChI=1S/C27H28N2O5/c1-2-32-26(30)17-28-23-14-13-21(16-25(23)33-18-19-8-4-3-5-9-19)34-24-15-12-20-10-6-7-11-22(20)29-27(24)31/h3-9,11-14,16,24,28H,2,10,15,17-18H2,1H3,(H,29,31). The molecule has 1 heterocycles. The van der Waals surface area contributed by atoms with E-state index >= 15 is 0 Å². The van der Waals surface area contributed by atoms with Crippen molar-refractivity contribution in [3.63, 3.8) is 0 Å². The van der Waals surface area contributed by atoms with Gasteiger partial charge in [0.05, 0.1) is 12.3 Å². The summed E-state index contributed by atoms with van der Waals surface area (Å²) in [5.74, 6) is 0.466. The molecule has 2 N–H and O–H groups in total. The van der Waals surface area contributed by atoms with Crippen LogP contribution in [0.2, 0.25) is 0 Å². The van der Waals surface area contributed by atoms with E-state index in [4.69, 9.17) is 14.2 Å². The second-order valence-corrected chi connectivity index (χ2v) is 7.86. The first kappa shape index (κ1) is 23.2. The van der Waals surface area contributed by atoms with Crippen molar-refractivity contribution in [3.8, 4) is 11.5 Å². The number of ether oxygens (including phenoxy) is 3. The predicted molar refractivity (Wildman–Crippen MR) is 129 cm³/mol. The molecule has 2 aromatic carbocycles. The summed E-state index contributed by atoms with van der Waals surface area (Å²) in [4.78, 5) is 24.5. The molecule has 1 amide bonds. The molecule has 0 aromatic heterocycles. The fraction of sp³-hybridized carbons (Fsp3) is 0.259. The van der Waals surface area contributed by atoms with E-state index in [2.05, 4.69) is 16.7 Å². The van der Waals surface area contributed by atoms with Crippen LogP contribution in [-0.2, 0) is 20.9 Å². The summed E-state index contributed by atoms with van der Waals surface area (Å²) in [5, 5.41) is 6.01. The number of hydrogen-bond donors (Lipinski definition) is 2. The van der Waals surface area contributed by atoms with Gasteiger partial charge < -0.3 is 24.8 Å². The summed E-state index contributed by atoms with van der Waals surface area (Å²) >= 11 is 0. The minimum absolute atomic E-state index is 0.0114. The van der Waals surface area contributed by atoms with Crippen LogP contribution in [0.15, 0.2) is 84.1 Å². The molecule has 0 radical (unpaired) electrons. The van der Waals surface area contributed by atoms with E-state index in [-0.39, 0.29) is 18.4 Å². The first-order valence-corrected chi connectivity index (χ1v) is 11.4. The summed E-state index contributed by atoms with van der Waals surface area (Å²) in [6, 6.07) is 15.0. The number of amides is 1. The van der Waals surface area contributed by atoms with Gasteiger partial charge in [-0.1, -0.05) is 48.6 Å². The fourth-order valence-electron chi connectivity index (χ4n) is 3.68. The SMILES string of the molecule is CCOC(=O)CNc1ccc(OC2CC=C3CC=CC=C3NC2=O)cc1OCc1ccccc1. The largest absolute Gasteiger partial charge is 0.487 e. The van der Waals surface area contributed by atoms with Crippen LogP contribution < -0.4 is 20.1 Å². The Morgan fingerprint density at radius 3 is 2.85 bits per heavy atom. The number of carbonyl (C=O) groups excluding carboxylic acids is 2. The van der Waals surface area contributed by atoms with Crippen LogP contribution in [0.4, 0.5) is 5.69 Å². The Morgan fingerprint density at radius 2 is 2.03 bits per heavy atom. The lowest BCUT2D eigenvalue weighted by Gasteiger charge is -2.19. The molecule has 1 aliphatic carbocycles. The quantitative estimate of drug-likeness (QED) is 0.544. The van der Waals surface area contributed by atoms with E-state index in [1.807, 2.05) is 48.6 Å². The number of allylic oxidation sites excluding steroid dienone is 4. The number of hydrogen-bond acceptors (Lipinski definition) is 6. The van der Waals surface area contributed by atoms with Crippen molar-refractivity contribution in [2.45, 2.75) is 32.5 Å². The molecular formula is C27H28N2O5. The molecule has 0 saturated carbocycles. The summed E-state index contributed by atoms with van der Waals surface area (Å²) in [5.41, 5.74) is 3.55. The van der Waals surface area contributed by atoms with Gasteiger partial charge in [0, 0.05) is 18.2 Å². The highest BCUT2D eigenvalue weighted by molar-refractivity contribution is 5.85. The Labute approximate surface area is 199 Å². The van der Waals surface area contributed by atoms with Gasteiger partial charge in [0.15, 0.2) is 6.10 Å². The molecule has 1 aliphatic heterocycles. The fourth-order valence-corrected chi connectivity index (χ4v) is 3.68. The van der Waals surface area contributed by atoms with Crippen molar-refractivity contribution in [1.29, 1.82) is 0 Å². The molecule has 2 aliphatic rings. The Morgan fingerprint density at radius 1 is 1.18 bits per heavy atom. The highest BCUT2D eigenvalue weighted by Crippen LogP contribution is 2.32. The topological polar surface area (TPSA) is 85.9 Å². The van der Waals surface area contributed by atoms with Gasteiger partial charge in [-0.2, -0.15) is 0 Å². The zero-order valence-electron chi connectivity index (χ0n) is 19.1. The lowest BCUT2D eigenvalue weighted by Crippen LogP contribution is -2.36. The van der Waals surface area contributed by atoms with Crippen LogP contribution in [0, 0.1) is 0 Å². The number of carbonyl (C=O) groups is 2. The maximum Gasteiger partial charge on any atom is 0.325 e. The number of esters is 1. The van der Waals surface area contributed by atoms with Gasteiger partial charge in [-0.3, -0.25) is 9.59 Å². The van der Waals surface area contributed by atoms with Crippen LogP contribution >= 0.6 is 0 Å². The Kier molecular flexibility index (Phi) is 7.65. The average molecular weight is 461 g/mol. The van der Waals surface area contributed by atoms with Crippen LogP contribution in [0.3, 0.4) is 0 Å². The molecule has 2 aromatic rings. The van der Waals surface area contributed by atoms with E-state index in [0.29, 0.717) is 36.8 Å². The zero-order valence-corrected chi connectivity index (χ0v) is 19.1. The number of nitrogens with one attached hydrogen (secondary N) is 2. The normalized spacial score (nSPS) is 16.9. The average Bonchev–Trinajstić information content (AvgIpc) is 3.01. The van der Waals surface area contributed by atoms with Gasteiger partial charge in [-0.05, 0) is 42.7 Å². The van der Waals surface area contributed by atoms with Gasteiger partial charge in [-0.25, -0.2) is 0 Å². The Bertz CT molecular complexity index is 1120. The first-order chi connectivity index (χ1) is 16.6. The van der Waals surface area contributed by atoms with E-state index in [0.717, 1.165) is 23.3 Å². The Balaban J connectivity index is 1.50. The molecule has 176 valence electrons. The predicted octanol–water partition coefficient (Wildman–Crippen LogP) is 4.28. The molecule has 0 saturated heterocycles. The third-order valence-corrected chi connectivity index (χ3v) is 5.41.